The van der Waals surface area contributed by atoms with Crippen LogP contribution in [-0.4, -0.2) is 41.4 Å². The van der Waals surface area contributed by atoms with E-state index in [-0.39, 0.29) is 6.73 Å². The van der Waals surface area contributed by atoms with Crippen LogP contribution in [0, 0.1) is 5.92 Å². The standard InChI is InChI=1S/C11H17NO6/c1-11(2,3)18-9(15)6(4-7(13)14)8-10(16)17-5-12-8/h6,8,12H,4-5H2,1-3H3,(H,13,14)/t6-,8?/m0/s1. The van der Waals surface area contributed by atoms with Crippen LogP contribution >= 0.6 is 0 Å². The average Bonchev–Trinajstić information content (AvgIpc) is 2.57. The van der Waals surface area contributed by atoms with E-state index in [0.29, 0.717) is 0 Å². The number of aliphatic carboxylic acids is 1. The van der Waals surface area contributed by atoms with Crippen molar-refractivity contribution in [3.8, 4) is 0 Å². The van der Waals surface area contributed by atoms with E-state index >= 15 is 0 Å². The van der Waals surface area contributed by atoms with E-state index in [9.17, 15) is 14.4 Å². The van der Waals surface area contributed by atoms with Crippen molar-refractivity contribution in [1.29, 1.82) is 0 Å². The molecule has 0 aromatic heterocycles. The molecular formula is C11H17NO6. The van der Waals surface area contributed by atoms with E-state index in [1.165, 1.54) is 0 Å². The van der Waals surface area contributed by atoms with Gasteiger partial charge < -0.3 is 14.6 Å². The molecule has 0 spiro atoms. The second-order valence-corrected chi connectivity index (χ2v) is 5.03. The minimum Gasteiger partial charge on any atom is -0.481 e. The Bertz CT molecular complexity index is 359. The fourth-order valence-electron chi connectivity index (χ4n) is 1.59. The Hall–Kier alpha value is -1.63. The predicted molar refractivity (Wildman–Crippen MR) is 59.5 cm³/mol. The summed E-state index contributed by atoms with van der Waals surface area (Å²) in [6.07, 6.45) is -0.484. The normalized spacial score (nSPS) is 21.3. The van der Waals surface area contributed by atoms with Crippen LogP contribution in [0.1, 0.15) is 27.2 Å². The molecule has 1 heterocycles. The molecule has 0 aliphatic carbocycles. The maximum atomic E-state index is 11.9. The van der Waals surface area contributed by atoms with E-state index < -0.39 is 41.9 Å². The number of carboxylic acid groups (broad SMARTS) is 1. The average molecular weight is 259 g/mol. The quantitative estimate of drug-likeness (QED) is 0.679. The van der Waals surface area contributed by atoms with Gasteiger partial charge in [-0.25, -0.2) is 0 Å². The van der Waals surface area contributed by atoms with Crippen LogP contribution in [0.25, 0.3) is 0 Å². The van der Waals surface area contributed by atoms with Crippen molar-refractivity contribution in [3.05, 3.63) is 0 Å². The predicted octanol–water partition coefficient (Wildman–Crippen LogP) is -0.108. The Kier molecular flexibility index (Phi) is 4.28. The number of cyclic esters (lactones) is 1. The summed E-state index contributed by atoms with van der Waals surface area (Å²) in [7, 11) is 0. The van der Waals surface area contributed by atoms with Crippen LogP contribution in [0.4, 0.5) is 0 Å². The molecule has 2 atom stereocenters. The van der Waals surface area contributed by atoms with Gasteiger partial charge in [-0.3, -0.25) is 19.7 Å². The lowest BCUT2D eigenvalue weighted by molar-refractivity contribution is -0.165. The summed E-state index contributed by atoms with van der Waals surface area (Å²) in [5, 5.41) is 11.4. The summed E-state index contributed by atoms with van der Waals surface area (Å²) < 4.78 is 9.77. The van der Waals surface area contributed by atoms with Gasteiger partial charge in [-0.2, -0.15) is 0 Å². The zero-order chi connectivity index (χ0) is 13.9. The van der Waals surface area contributed by atoms with Crippen LogP contribution < -0.4 is 5.32 Å². The summed E-state index contributed by atoms with van der Waals surface area (Å²) in [5.41, 5.74) is -0.740. The molecule has 0 amide bonds. The maximum absolute atomic E-state index is 11.9. The molecule has 0 bridgehead atoms. The van der Waals surface area contributed by atoms with Crippen LogP contribution in [0.15, 0.2) is 0 Å². The van der Waals surface area contributed by atoms with Gasteiger partial charge >= 0.3 is 17.9 Å². The Labute approximate surface area is 104 Å². The number of carboxylic acids is 1. The highest BCUT2D eigenvalue weighted by Crippen LogP contribution is 2.19. The summed E-state index contributed by atoms with van der Waals surface area (Å²) in [5.74, 6) is -3.61. The minimum absolute atomic E-state index is 0.0254. The molecule has 7 nitrogen and oxygen atoms in total. The number of nitrogens with one attached hydrogen (secondary N) is 1. The van der Waals surface area contributed by atoms with Gasteiger partial charge in [0, 0.05) is 0 Å². The van der Waals surface area contributed by atoms with Crippen molar-refractivity contribution in [2.45, 2.75) is 38.8 Å². The molecule has 0 aromatic carbocycles. The first-order chi connectivity index (χ1) is 8.20. The number of hydrogen-bond donors (Lipinski definition) is 2. The van der Waals surface area contributed by atoms with Crippen molar-refractivity contribution < 1.29 is 29.0 Å². The highest BCUT2D eigenvalue weighted by Gasteiger charge is 2.41. The smallest absolute Gasteiger partial charge is 0.325 e. The molecular weight excluding hydrogens is 242 g/mol. The van der Waals surface area contributed by atoms with Crippen molar-refractivity contribution >= 4 is 17.9 Å². The molecule has 2 N–H and O–H groups in total. The maximum Gasteiger partial charge on any atom is 0.325 e. The van der Waals surface area contributed by atoms with E-state index in [1.54, 1.807) is 20.8 Å². The number of hydrogen-bond acceptors (Lipinski definition) is 6. The van der Waals surface area contributed by atoms with Gasteiger partial charge in [-0.1, -0.05) is 0 Å². The molecule has 1 saturated heterocycles. The van der Waals surface area contributed by atoms with E-state index in [2.05, 4.69) is 10.1 Å². The van der Waals surface area contributed by atoms with Crippen LogP contribution in [0.3, 0.4) is 0 Å². The molecule has 1 rings (SSSR count). The molecule has 1 fully saturated rings. The first kappa shape index (κ1) is 14.4. The van der Waals surface area contributed by atoms with E-state index in [0.717, 1.165) is 0 Å². The molecule has 0 aromatic rings. The number of carbonyl (C=O) groups excluding carboxylic acids is 2. The highest BCUT2D eigenvalue weighted by molar-refractivity contribution is 5.88. The number of rotatable bonds is 4. The summed E-state index contributed by atoms with van der Waals surface area (Å²) in [6, 6.07) is -0.962. The second-order valence-electron chi connectivity index (χ2n) is 5.03. The van der Waals surface area contributed by atoms with E-state index in [4.69, 9.17) is 9.84 Å². The monoisotopic (exact) mass is 259 g/mol. The van der Waals surface area contributed by atoms with Gasteiger partial charge in [0.2, 0.25) is 0 Å². The third-order valence-electron chi connectivity index (χ3n) is 2.28. The van der Waals surface area contributed by atoms with Gasteiger partial charge in [0.15, 0.2) is 0 Å². The molecule has 1 aliphatic rings. The zero-order valence-corrected chi connectivity index (χ0v) is 10.6. The lowest BCUT2D eigenvalue weighted by Crippen LogP contribution is -2.43. The molecule has 7 heteroatoms. The SMILES string of the molecule is CC(C)(C)OC(=O)[C@@H](CC(=O)O)C1NCOC1=O. The van der Waals surface area contributed by atoms with Crippen molar-refractivity contribution in [3.63, 3.8) is 0 Å². The van der Waals surface area contributed by atoms with Crippen molar-refractivity contribution in [1.82, 2.24) is 5.32 Å². The van der Waals surface area contributed by atoms with E-state index in [1.807, 2.05) is 0 Å². The lowest BCUT2D eigenvalue weighted by Gasteiger charge is -2.24. The third kappa shape index (κ3) is 3.99. The Morgan fingerprint density at radius 3 is 2.56 bits per heavy atom. The molecule has 0 radical (unpaired) electrons. The Morgan fingerprint density at radius 2 is 2.17 bits per heavy atom. The summed E-state index contributed by atoms with van der Waals surface area (Å²) in [4.78, 5) is 34.0. The summed E-state index contributed by atoms with van der Waals surface area (Å²) >= 11 is 0. The van der Waals surface area contributed by atoms with Crippen LogP contribution in [0.5, 0.6) is 0 Å². The topological polar surface area (TPSA) is 102 Å². The minimum atomic E-state index is -1.17. The van der Waals surface area contributed by atoms with Gasteiger partial charge in [-0.05, 0) is 20.8 Å². The zero-order valence-electron chi connectivity index (χ0n) is 10.6. The third-order valence-corrected chi connectivity index (χ3v) is 2.28. The number of carbonyl (C=O) groups is 3. The highest BCUT2D eigenvalue weighted by atomic mass is 16.6. The first-order valence-electron chi connectivity index (χ1n) is 5.55. The summed E-state index contributed by atoms with van der Waals surface area (Å²) in [6.45, 7) is 4.98. The first-order valence-corrected chi connectivity index (χ1v) is 5.55. The second kappa shape index (κ2) is 5.34. The van der Waals surface area contributed by atoms with Gasteiger partial charge in [0.25, 0.3) is 0 Å². The molecule has 18 heavy (non-hydrogen) atoms. The van der Waals surface area contributed by atoms with Gasteiger partial charge in [-0.15, -0.1) is 0 Å². The van der Waals surface area contributed by atoms with Gasteiger partial charge in [0.1, 0.15) is 18.4 Å². The fourth-order valence-corrected chi connectivity index (χ4v) is 1.59. The number of ether oxygens (including phenoxy) is 2. The molecule has 102 valence electrons. The van der Waals surface area contributed by atoms with Gasteiger partial charge in [0.05, 0.1) is 12.3 Å². The van der Waals surface area contributed by atoms with Crippen LogP contribution in [0.2, 0.25) is 0 Å². The van der Waals surface area contributed by atoms with Crippen molar-refractivity contribution in [2.24, 2.45) is 5.92 Å². The molecule has 1 unspecified atom stereocenters. The Morgan fingerprint density at radius 1 is 1.56 bits per heavy atom. The molecule has 1 aliphatic heterocycles. The fraction of sp³-hybridized carbons (Fsp3) is 0.727. The molecule has 0 saturated carbocycles. The number of esters is 2. The largest absolute Gasteiger partial charge is 0.481 e. The Balaban J connectivity index is 2.80. The lowest BCUT2D eigenvalue weighted by atomic mass is 9.96. The van der Waals surface area contributed by atoms with Crippen LogP contribution in [-0.2, 0) is 23.9 Å². The van der Waals surface area contributed by atoms with Crippen molar-refractivity contribution in [2.75, 3.05) is 6.73 Å².